The van der Waals surface area contributed by atoms with Crippen LogP contribution in [0, 0.1) is 10.1 Å². The van der Waals surface area contributed by atoms with Gasteiger partial charge in [-0.2, -0.15) is 0 Å². The molecule has 0 fully saturated rings. The molecule has 33 heavy (non-hydrogen) atoms. The van der Waals surface area contributed by atoms with Crippen molar-refractivity contribution in [2.24, 2.45) is 0 Å². The molecular formula is C22H19F3N4O4. The molecule has 1 atom stereocenters. The molecule has 2 aliphatic rings. The maximum Gasteiger partial charge on any atom is 0.573 e. The minimum atomic E-state index is -4.72. The molecule has 3 heterocycles. The molecule has 0 saturated heterocycles. The lowest BCUT2D eigenvalue weighted by molar-refractivity contribution is -0.389. The first-order valence-corrected chi connectivity index (χ1v) is 10.3. The molecule has 0 aliphatic carbocycles. The van der Waals surface area contributed by atoms with Gasteiger partial charge in [0.15, 0.2) is 0 Å². The van der Waals surface area contributed by atoms with E-state index in [1.807, 2.05) is 6.07 Å². The third-order valence-electron chi connectivity index (χ3n) is 5.91. The largest absolute Gasteiger partial charge is 0.573 e. The smallest absolute Gasteiger partial charge is 0.444 e. The van der Waals surface area contributed by atoms with Crippen LogP contribution in [0.2, 0.25) is 0 Å². The SMILES string of the molecule is O=[N+]([O-])c1cn2c(n1)OC[C@@H](N1CCc3ccc(-c4ccc(OC(F)(F)F)cc4)cc3C1)C2. The van der Waals surface area contributed by atoms with E-state index in [1.54, 1.807) is 16.7 Å². The van der Waals surface area contributed by atoms with Gasteiger partial charge in [-0.1, -0.05) is 24.3 Å². The average Bonchev–Trinajstić information content (AvgIpc) is 3.22. The maximum atomic E-state index is 12.4. The summed E-state index contributed by atoms with van der Waals surface area (Å²) < 4.78 is 48.4. The Morgan fingerprint density at radius 1 is 1.12 bits per heavy atom. The second-order valence-corrected chi connectivity index (χ2v) is 8.03. The zero-order valence-electron chi connectivity index (χ0n) is 17.3. The lowest BCUT2D eigenvalue weighted by Crippen LogP contribution is -2.47. The molecule has 0 unspecified atom stereocenters. The van der Waals surface area contributed by atoms with Crippen molar-refractivity contribution < 1.29 is 27.6 Å². The predicted molar refractivity (Wildman–Crippen MR) is 111 cm³/mol. The van der Waals surface area contributed by atoms with E-state index in [9.17, 15) is 23.3 Å². The van der Waals surface area contributed by atoms with Crippen LogP contribution in [0.3, 0.4) is 0 Å². The highest BCUT2D eigenvalue weighted by molar-refractivity contribution is 5.66. The third-order valence-corrected chi connectivity index (χ3v) is 5.91. The fourth-order valence-electron chi connectivity index (χ4n) is 4.31. The van der Waals surface area contributed by atoms with E-state index >= 15 is 0 Å². The fraction of sp³-hybridized carbons (Fsp3) is 0.318. The van der Waals surface area contributed by atoms with Gasteiger partial charge in [0.05, 0.1) is 6.04 Å². The molecule has 5 rings (SSSR count). The van der Waals surface area contributed by atoms with Crippen LogP contribution in [0.15, 0.2) is 48.7 Å². The van der Waals surface area contributed by atoms with E-state index in [0.29, 0.717) is 19.7 Å². The van der Waals surface area contributed by atoms with Crippen molar-refractivity contribution in [2.45, 2.75) is 31.9 Å². The predicted octanol–water partition coefficient (Wildman–Crippen LogP) is 4.18. The Balaban J connectivity index is 1.31. The summed E-state index contributed by atoms with van der Waals surface area (Å²) in [6.45, 7) is 2.45. The first-order chi connectivity index (χ1) is 15.7. The lowest BCUT2D eigenvalue weighted by atomic mass is 9.94. The van der Waals surface area contributed by atoms with Gasteiger partial charge in [-0.25, -0.2) is 0 Å². The average molecular weight is 460 g/mol. The maximum absolute atomic E-state index is 12.4. The number of hydrogen-bond donors (Lipinski definition) is 0. The summed E-state index contributed by atoms with van der Waals surface area (Å²) in [5.41, 5.74) is 4.06. The number of fused-ring (bicyclic) bond motifs is 2. The van der Waals surface area contributed by atoms with Crippen LogP contribution in [0.25, 0.3) is 11.1 Å². The zero-order valence-corrected chi connectivity index (χ0v) is 17.3. The molecule has 2 aromatic carbocycles. The number of rotatable bonds is 4. The summed E-state index contributed by atoms with van der Waals surface area (Å²) in [6.07, 6.45) is -2.48. The van der Waals surface area contributed by atoms with Crippen molar-refractivity contribution >= 4 is 5.82 Å². The molecule has 0 bridgehead atoms. The van der Waals surface area contributed by atoms with Crippen molar-refractivity contribution in [3.63, 3.8) is 0 Å². The summed E-state index contributed by atoms with van der Waals surface area (Å²) in [6, 6.07) is 12.2. The van der Waals surface area contributed by atoms with Gasteiger partial charge in [-0.05, 0) is 51.8 Å². The van der Waals surface area contributed by atoms with Gasteiger partial charge in [-0.15, -0.1) is 13.2 Å². The van der Waals surface area contributed by atoms with Crippen molar-refractivity contribution in [2.75, 3.05) is 13.2 Å². The van der Waals surface area contributed by atoms with Gasteiger partial charge in [0, 0.05) is 24.6 Å². The number of alkyl halides is 3. The molecule has 1 aromatic heterocycles. The Kier molecular flexibility index (Phi) is 5.20. The molecule has 11 heteroatoms. The Hall–Kier alpha value is -3.60. The Labute approximate surface area is 186 Å². The third kappa shape index (κ3) is 4.49. The Bertz CT molecular complexity index is 1190. The molecule has 3 aromatic rings. The Morgan fingerprint density at radius 3 is 2.61 bits per heavy atom. The number of halogens is 3. The van der Waals surface area contributed by atoms with E-state index in [-0.39, 0.29) is 23.6 Å². The van der Waals surface area contributed by atoms with Crippen LogP contribution in [0.4, 0.5) is 19.0 Å². The van der Waals surface area contributed by atoms with E-state index in [4.69, 9.17) is 4.74 Å². The van der Waals surface area contributed by atoms with Crippen LogP contribution in [-0.4, -0.2) is 44.9 Å². The van der Waals surface area contributed by atoms with E-state index in [1.165, 1.54) is 23.9 Å². The number of nitro groups is 1. The number of nitrogens with zero attached hydrogens (tertiary/aromatic N) is 4. The first kappa shape index (κ1) is 21.3. The van der Waals surface area contributed by atoms with Gasteiger partial charge in [0.2, 0.25) is 0 Å². The number of ether oxygens (including phenoxy) is 2. The second-order valence-electron chi connectivity index (χ2n) is 8.03. The quantitative estimate of drug-likeness (QED) is 0.429. The van der Waals surface area contributed by atoms with Crippen molar-refractivity contribution in [1.29, 1.82) is 0 Å². The van der Waals surface area contributed by atoms with E-state index in [0.717, 1.165) is 29.7 Å². The molecule has 2 aliphatic heterocycles. The van der Waals surface area contributed by atoms with Gasteiger partial charge in [0.1, 0.15) is 18.6 Å². The van der Waals surface area contributed by atoms with Gasteiger partial charge in [-0.3, -0.25) is 9.47 Å². The Morgan fingerprint density at radius 2 is 1.88 bits per heavy atom. The fourth-order valence-corrected chi connectivity index (χ4v) is 4.31. The van der Waals surface area contributed by atoms with E-state index in [2.05, 4.69) is 26.8 Å². The highest BCUT2D eigenvalue weighted by Crippen LogP contribution is 2.31. The lowest BCUT2D eigenvalue weighted by Gasteiger charge is -2.37. The van der Waals surface area contributed by atoms with Gasteiger partial charge < -0.3 is 19.6 Å². The molecular weight excluding hydrogens is 441 g/mol. The van der Waals surface area contributed by atoms with Crippen LogP contribution < -0.4 is 9.47 Å². The monoisotopic (exact) mass is 460 g/mol. The molecule has 0 spiro atoms. The number of hydrogen-bond acceptors (Lipinski definition) is 6. The summed E-state index contributed by atoms with van der Waals surface area (Å²) in [7, 11) is 0. The molecule has 0 N–H and O–H groups in total. The molecule has 0 radical (unpaired) electrons. The number of imidazole rings is 1. The highest BCUT2D eigenvalue weighted by Gasteiger charge is 2.33. The van der Waals surface area contributed by atoms with Crippen LogP contribution in [0.5, 0.6) is 11.8 Å². The number of benzene rings is 2. The molecule has 8 nitrogen and oxygen atoms in total. The second kappa shape index (κ2) is 8.07. The van der Waals surface area contributed by atoms with E-state index < -0.39 is 11.3 Å². The summed E-state index contributed by atoms with van der Waals surface area (Å²) in [5.74, 6) is -0.488. The molecule has 0 saturated carbocycles. The number of aromatic nitrogens is 2. The van der Waals surface area contributed by atoms with Crippen molar-refractivity contribution in [3.05, 3.63) is 69.9 Å². The topological polar surface area (TPSA) is 82.7 Å². The summed E-state index contributed by atoms with van der Waals surface area (Å²) in [4.78, 5) is 16.6. The zero-order chi connectivity index (χ0) is 23.2. The van der Waals surface area contributed by atoms with Gasteiger partial charge in [0.25, 0.3) is 0 Å². The summed E-state index contributed by atoms with van der Waals surface area (Å²) in [5, 5.41) is 11.0. The highest BCUT2D eigenvalue weighted by atomic mass is 19.4. The normalized spacial score (nSPS) is 18.2. The van der Waals surface area contributed by atoms with Crippen LogP contribution in [0.1, 0.15) is 11.1 Å². The van der Waals surface area contributed by atoms with Crippen molar-refractivity contribution in [1.82, 2.24) is 14.5 Å². The first-order valence-electron chi connectivity index (χ1n) is 10.3. The minimum absolute atomic E-state index is 0.0434. The van der Waals surface area contributed by atoms with Crippen LogP contribution >= 0.6 is 0 Å². The minimum Gasteiger partial charge on any atom is -0.444 e. The van der Waals surface area contributed by atoms with Crippen LogP contribution in [-0.2, 0) is 19.5 Å². The van der Waals surface area contributed by atoms with Crippen molar-refractivity contribution in [3.8, 4) is 22.9 Å². The van der Waals surface area contributed by atoms with Gasteiger partial charge >= 0.3 is 18.2 Å². The standard InChI is InChI=1S/C22H19F3N4O4/c23-22(24,25)33-19-5-3-14(4-6-19)16-2-1-15-7-8-27(10-17(15)9-16)18-11-28-12-20(29(30)31)26-21(28)32-13-18/h1-6,9,12,18H,7-8,10-11,13H2/t18-/m0/s1. The molecule has 0 amide bonds. The molecule has 172 valence electrons. The summed E-state index contributed by atoms with van der Waals surface area (Å²) >= 11 is 0.